The number of carbonyl (C=O) groups excluding carboxylic acids is 3. The van der Waals surface area contributed by atoms with Crippen LogP contribution in [0.15, 0.2) is 43.5 Å². The molecule has 3 amide bonds. The second-order valence-corrected chi connectivity index (χ2v) is 12.0. The fourth-order valence-electron chi connectivity index (χ4n) is 6.79. The predicted molar refractivity (Wildman–Crippen MR) is 148 cm³/mol. The van der Waals surface area contributed by atoms with Crippen LogP contribution in [0.3, 0.4) is 0 Å². The molecule has 2 unspecified atom stereocenters. The molecule has 1 spiro atoms. The van der Waals surface area contributed by atoms with E-state index in [1.165, 1.54) is 0 Å². The Morgan fingerprint density at radius 1 is 1.19 bits per heavy atom. The standard InChI is InChI=1S/C29H39N3O4S/c1-6-14-30(15-7-2)26(34)22-21-12-13-29(37-21)23(22)27(35)32(17-18-33)25(29)28(36)31(16-8-3)24-19(4)10-9-11-20(24)5/h6,8-11,21-23,25,33H,1,3,7,12-18H2,2,4-5H3/t21-,22+,23+,25?,29?/m1/s1. The van der Waals surface area contributed by atoms with Crippen LogP contribution in [-0.4, -0.2) is 81.5 Å². The molecule has 3 aliphatic rings. The van der Waals surface area contributed by atoms with E-state index in [1.807, 2.05) is 39.0 Å². The molecule has 1 aromatic carbocycles. The van der Waals surface area contributed by atoms with E-state index in [4.69, 9.17) is 0 Å². The summed E-state index contributed by atoms with van der Waals surface area (Å²) >= 11 is 1.66. The van der Waals surface area contributed by atoms with Gasteiger partial charge in [-0.25, -0.2) is 0 Å². The number of nitrogens with zero attached hydrogens (tertiary/aromatic N) is 3. The Balaban J connectivity index is 1.78. The first-order valence-electron chi connectivity index (χ1n) is 13.2. The maximum atomic E-state index is 14.5. The lowest BCUT2D eigenvalue weighted by Crippen LogP contribution is -2.55. The zero-order valence-corrected chi connectivity index (χ0v) is 23.0. The molecule has 2 bridgehead atoms. The number of aryl methyl sites for hydroxylation is 2. The van der Waals surface area contributed by atoms with Crippen molar-refractivity contribution in [3.63, 3.8) is 0 Å². The summed E-state index contributed by atoms with van der Waals surface area (Å²) in [6.45, 7) is 14.9. The summed E-state index contributed by atoms with van der Waals surface area (Å²) < 4.78 is -0.684. The van der Waals surface area contributed by atoms with Gasteiger partial charge in [0, 0.05) is 37.1 Å². The van der Waals surface area contributed by atoms with Gasteiger partial charge in [0.1, 0.15) is 6.04 Å². The average molecular weight is 526 g/mol. The highest BCUT2D eigenvalue weighted by atomic mass is 32.2. The number of para-hydroxylation sites is 1. The zero-order chi connectivity index (χ0) is 26.9. The lowest BCUT2D eigenvalue weighted by Gasteiger charge is -2.38. The molecular weight excluding hydrogens is 486 g/mol. The van der Waals surface area contributed by atoms with E-state index in [-0.39, 0.29) is 36.1 Å². The maximum absolute atomic E-state index is 14.5. The first kappa shape index (κ1) is 27.5. The Morgan fingerprint density at radius 2 is 1.86 bits per heavy atom. The van der Waals surface area contributed by atoms with Crippen LogP contribution in [0.2, 0.25) is 0 Å². The van der Waals surface area contributed by atoms with Gasteiger partial charge in [-0.15, -0.1) is 24.9 Å². The molecule has 0 aromatic heterocycles. The number of likely N-dealkylation sites (tertiary alicyclic amines) is 1. The number of amides is 3. The van der Waals surface area contributed by atoms with E-state index < -0.39 is 22.6 Å². The average Bonchev–Trinajstić information content (AvgIpc) is 3.50. The molecular formula is C29H39N3O4S. The third-order valence-corrected chi connectivity index (χ3v) is 10.1. The minimum atomic E-state index is -0.747. The van der Waals surface area contributed by atoms with Crippen molar-refractivity contribution in [1.29, 1.82) is 0 Å². The molecule has 3 saturated heterocycles. The number of fused-ring (bicyclic) bond motifs is 1. The van der Waals surface area contributed by atoms with Crippen molar-refractivity contribution in [3.8, 4) is 0 Å². The maximum Gasteiger partial charge on any atom is 0.251 e. The predicted octanol–water partition coefficient (Wildman–Crippen LogP) is 3.33. The van der Waals surface area contributed by atoms with Gasteiger partial charge in [-0.3, -0.25) is 14.4 Å². The topological polar surface area (TPSA) is 81.2 Å². The Labute approximate surface area is 224 Å². The van der Waals surface area contributed by atoms with E-state index in [9.17, 15) is 19.5 Å². The lowest BCUT2D eigenvalue weighted by molar-refractivity contribution is -0.144. The van der Waals surface area contributed by atoms with E-state index >= 15 is 0 Å². The zero-order valence-electron chi connectivity index (χ0n) is 22.2. The molecule has 3 heterocycles. The molecule has 7 nitrogen and oxygen atoms in total. The molecule has 0 saturated carbocycles. The number of thioether (sulfide) groups is 1. The van der Waals surface area contributed by atoms with Crippen LogP contribution in [0.4, 0.5) is 5.69 Å². The fourth-order valence-corrected chi connectivity index (χ4v) is 9.00. The van der Waals surface area contributed by atoms with Gasteiger partial charge in [-0.05, 0) is 44.2 Å². The molecule has 1 aromatic rings. The summed E-state index contributed by atoms with van der Waals surface area (Å²) in [6, 6.07) is 5.17. The molecule has 0 aliphatic carbocycles. The molecule has 1 N–H and O–H groups in total. The van der Waals surface area contributed by atoms with Gasteiger partial charge >= 0.3 is 0 Å². The monoisotopic (exact) mass is 525 g/mol. The largest absolute Gasteiger partial charge is 0.395 e. The van der Waals surface area contributed by atoms with Crippen LogP contribution >= 0.6 is 11.8 Å². The molecule has 4 rings (SSSR count). The van der Waals surface area contributed by atoms with Gasteiger partial charge in [0.15, 0.2) is 0 Å². The summed E-state index contributed by atoms with van der Waals surface area (Å²) in [5.74, 6) is -1.41. The summed E-state index contributed by atoms with van der Waals surface area (Å²) in [5, 5.41) is 9.90. The third-order valence-electron chi connectivity index (χ3n) is 8.10. The van der Waals surface area contributed by atoms with Gasteiger partial charge in [0.25, 0.3) is 5.91 Å². The number of hydrogen-bond donors (Lipinski definition) is 1. The van der Waals surface area contributed by atoms with E-state index in [0.29, 0.717) is 26.1 Å². The quantitative estimate of drug-likeness (QED) is 0.448. The number of hydrogen-bond acceptors (Lipinski definition) is 5. The number of anilines is 1. The van der Waals surface area contributed by atoms with Gasteiger partial charge in [-0.2, -0.15) is 0 Å². The van der Waals surface area contributed by atoms with Crippen LogP contribution in [-0.2, 0) is 14.4 Å². The first-order valence-corrected chi connectivity index (χ1v) is 14.1. The molecule has 200 valence electrons. The van der Waals surface area contributed by atoms with Crippen LogP contribution in [0.1, 0.15) is 37.3 Å². The molecule has 0 radical (unpaired) electrons. The number of rotatable bonds is 11. The first-order chi connectivity index (χ1) is 17.8. The van der Waals surface area contributed by atoms with Crippen molar-refractivity contribution in [3.05, 3.63) is 54.6 Å². The molecule has 5 atom stereocenters. The number of carbonyl (C=O) groups is 3. The second kappa shape index (κ2) is 11.0. The number of aliphatic hydroxyl groups excluding tert-OH is 1. The molecule has 37 heavy (non-hydrogen) atoms. The highest BCUT2D eigenvalue weighted by molar-refractivity contribution is 8.02. The SMILES string of the molecule is C=CCN(CCC)C(=O)[C@@H]1[C@H]2C(=O)N(CCO)C(C(=O)N(CC=C)c3c(C)cccc3C)C23CC[C@H]1S3. The lowest BCUT2D eigenvalue weighted by atomic mass is 9.70. The van der Waals surface area contributed by atoms with Crippen molar-refractivity contribution < 1.29 is 19.5 Å². The van der Waals surface area contributed by atoms with Crippen molar-refractivity contribution in [2.24, 2.45) is 11.8 Å². The van der Waals surface area contributed by atoms with Gasteiger partial charge in [-0.1, -0.05) is 37.3 Å². The van der Waals surface area contributed by atoms with Gasteiger partial charge in [0.05, 0.1) is 23.2 Å². The molecule has 3 fully saturated rings. The smallest absolute Gasteiger partial charge is 0.251 e. The van der Waals surface area contributed by atoms with Crippen molar-refractivity contribution in [2.75, 3.05) is 37.7 Å². The Morgan fingerprint density at radius 3 is 2.46 bits per heavy atom. The number of β-amino-alcohol motifs (C(OH)–C–C–N with tert-alkyl or cyclic N) is 1. The highest BCUT2D eigenvalue weighted by Gasteiger charge is 2.74. The fraction of sp³-hybridized carbons (Fsp3) is 0.552. The highest BCUT2D eigenvalue weighted by Crippen LogP contribution is 2.66. The van der Waals surface area contributed by atoms with Crippen LogP contribution in [0.5, 0.6) is 0 Å². The normalized spacial score (nSPS) is 27.8. The van der Waals surface area contributed by atoms with Gasteiger partial charge < -0.3 is 19.8 Å². The summed E-state index contributed by atoms with van der Waals surface area (Å²) in [6.07, 6.45) is 5.74. The molecule has 8 heteroatoms. The van der Waals surface area contributed by atoms with Crippen LogP contribution < -0.4 is 4.90 Å². The molecule has 3 aliphatic heterocycles. The Kier molecular flexibility index (Phi) is 8.19. The minimum Gasteiger partial charge on any atom is -0.395 e. The van der Waals surface area contributed by atoms with Gasteiger partial charge in [0.2, 0.25) is 11.8 Å². The minimum absolute atomic E-state index is 0.00486. The Bertz CT molecular complexity index is 1070. The van der Waals surface area contributed by atoms with Crippen LogP contribution in [0, 0.1) is 25.7 Å². The summed E-state index contributed by atoms with van der Waals surface area (Å²) in [5.41, 5.74) is 2.77. The number of aliphatic hydroxyl groups is 1. The van der Waals surface area contributed by atoms with Crippen LogP contribution in [0.25, 0.3) is 0 Å². The van der Waals surface area contributed by atoms with E-state index in [2.05, 4.69) is 13.2 Å². The Hall–Kier alpha value is -2.58. The van der Waals surface area contributed by atoms with Crippen molar-refractivity contribution >= 4 is 35.2 Å². The second-order valence-electron chi connectivity index (χ2n) is 10.4. The van der Waals surface area contributed by atoms with E-state index in [0.717, 1.165) is 29.7 Å². The number of benzene rings is 1. The summed E-state index contributed by atoms with van der Waals surface area (Å²) in [4.78, 5) is 47.4. The summed E-state index contributed by atoms with van der Waals surface area (Å²) in [7, 11) is 0. The van der Waals surface area contributed by atoms with Crippen molar-refractivity contribution in [2.45, 2.75) is 56.1 Å². The third kappa shape index (κ3) is 4.42. The van der Waals surface area contributed by atoms with Crippen molar-refractivity contribution in [1.82, 2.24) is 9.80 Å². The van der Waals surface area contributed by atoms with E-state index in [1.54, 1.807) is 38.6 Å².